The molecule has 0 spiro atoms. The van der Waals surface area contributed by atoms with Crippen LogP contribution in [-0.2, 0) is 0 Å². The van der Waals surface area contributed by atoms with E-state index in [2.05, 4.69) is 20.9 Å². The summed E-state index contributed by atoms with van der Waals surface area (Å²) in [6.45, 7) is 0. The van der Waals surface area contributed by atoms with Crippen molar-refractivity contribution < 1.29 is 9.53 Å². The number of carbonyl (C=O) groups excluding carboxylic acids is 1. The third-order valence-corrected chi connectivity index (χ3v) is 4.45. The molecule has 0 saturated carbocycles. The van der Waals surface area contributed by atoms with Crippen LogP contribution in [0.5, 0.6) is 5.75 Å². The molecule has 0 fully saturated rings. The molecular weight excluding hydrogens is 350 g/mol. The van der Waals surface area contributed by atoms with Gasteiger partial charge < -0.3 is 4.74 Å². The van der Waals surface area contributed by atoms with Gasteiger partial charge in [-0.15, -0.1) is 11.3 Å². The third-order valence-electron chi connectivity index (χ3n) is 2.77. The fourth-order valence-electron chi connectivity index (χ4n) is 1.76. The standard InChI is InChI=1S/C16H10BrNO2S/c17-12-8-4-5-9-13(12)20-16(19)14-10-18-15(21-14)11-6-2-1-3-7-11/h1-10H. The molecule has 0 amide bonds. The Morgan fingerprint density at radius 3 is 2.52 bits per heavy atom. The van der Waals surface area contributed by atoms with Crippen LogP contribution in [0.4, 0.5) is 0 Å². The van der Waals surface area contributed by atoms with Gasteiger partial charge in [0.15, 0.2) is 0 Å². The summed E-state index contributed by atoms with van der Waals surface area (Å²) in [6, 6.07) is 17.0. The number of aromatic nitrogens is 1. The zero-order valence-electron chi connectivity index (χ0n) is 10.8. The molecule has 0 aliphatic heterocycles. The van der Waals surface area contributed by atoms with Crippen molar-refractivity contribution in [1.82, 2.24) is 4.98 Å². The van der Waals surface area contributed by atoms with E-state index in [0.717, 1.165) is 15.0 Å². The van der Waals surface area contributed by atoms with Crippen molar-refractivity contribution in [3.8, 4) is 16.3 Å². The second kappa shape index (κ2) is 6.20. The number of carbonyl (C=O) groups is 1. The fourth-order valence-corrected chi connectivity index (χ4v) is 2.92. The SMILES string of the molecule is O=C(Oc1ccccc1Br)c1cnc(-c2ccccc2)s1. The van der Waals surface area contributed by atoms with E-state index in [-0.39, 0.29) is 0 Å². The molecule has 2 aromatic carbocycles. The van der Waals surface area contributed by atoms with Crippen molar-refractivity contribution in [2.45, 2.75) is 0 Å². The quantitative estimate of drug-likeness (QED) is 0.498. The van der Waals surface area contributed by atoms with E-state index in [4.69, 9.17) is 4.74 Å². The van der Waals surface area contributed by atoms with Gasteiger partial charge in [-0.05, 0) is 28.1 Å². The number of para-hydroxylation sites is 1. The molecule has 0 atom stereocenters. The van der Waals surface area contributed by atoms with E-state index in [1.54, 1.807) is 12.3 Å². The first-order valence-electron chi connectivity index (χ1n) is 6.22. The molecular formula is C16H10BrNO2S. The number of esters is 1. The molecule has 5 heteroatoms. The van der Waals surface area contributed by atoms with Crippen LogP contribution in [0.1, 0.15) is 9.67 Å². The van der Waals surface area contributed by atoms with Gasteiger partial charge in [0, 0.05) is 5.56 Å². The molecule has 21 heavy (non-hydrogen) atoms. The van der Waals surface area contributed by atoms with E-state index in [0.29, 0.717) is 10.6 Å². The summed E-state index contributed by atoms with van der Waals surface area (Å²) < 4.78 is 6.11. The molecule has 1 heterocycles. The van der Waals surface area contributed by atoms with Gasteiger partial charge in [0.05, 0.1) is 10.7 Å². The summed E-state index contributed by atoms with van der Waals surface area (Å²) in [6.07, 6.45) is 1.55. The van der Waals surface area contributed by atoms with Gasteiger partial charge in [-0.3, -0.25) is 0 Å². The smallest absolute Gasteiger partial charge is 0.355 e. The monoisotopic (exact) mass is 359 g/mol. The highest BCUT2D eigenvalue weighted by molar-refractivity contribution is 9.10. The van der Waals surface area contributed by atoms with Crippen LogP contribution >= 0.6 is 27.3 Å². The highest BCUT2D eigenvalue weighted by Crippen LogP contribution is 2.28. The van der Waals surface area contributed by atoms with Gasteiger partial charge in [0.25, 0.3) is 0 Å². The number of thiazole rings is 1. The molecule has 0 saturated heterocycles. The van der Waals surface area contributed by atoms with Crippen LogP contribution in [0.15, 0.2) is 65.3 Å². The van der Waals surface area contributed by atoms with Gasteiger partial charge in [-0.2, -0.15) is 0 Å². The molecule has 3 nitrogen and oxygen atoms in total. The Morgan fingerprint density at radius 1 is 1.05 bits per heavy atom. The average Bonchev–Trinajstić information content (AvgIpc) is 3.00. The fraction of sp³-hybridized carbons (Fsp3) is 0. The highest BCUT2D eigenvalue weighted by Gasteiger charge is 2.15. The molecule has 104 valence electrons. The summed E-state index contributed by atoms with van der Waals surface area (Å²) in [5.74, 6) is 0.0961. The molecule has 0 N–H and O–H groups in total. The minimum Gasteiger partial charge on any atom is -0.421 e. The molecule has 0 radical (unpaired) electrons. The molecule has 0 bridgehead atoms. The van der Waals surface area contributed by atoms with Gasteiger partial charge in [-0.25, -0.2) is 9.78 Å². The predicted molar refractivity (Wildman–Crippen MR) is 86.7 cm³/mol. The van der Waals surface area contributed by atoms with E-state index < -0.39 is 5.97 Å². The topological polar surface area (TPSA) is 39.2 Å². The largest absolute Gasteiger partial charge is 0.421 e. The number of rotatable bonds is 3. The first kappa shape index (κ1) is 14.0. The lowest BCUT2D eigenvalue weighted by Gasteiger charge is -2.03. The molecule has 0 unspecified atom stereocenters. The van der Waals surface area contributed by atoms with E-state index in [9.17, 15) is 4.79 Å². The minimum atomic E-state index is -0.401. The Balaban J connectivity index is 1.80. The first-order valence-corrected chi connectivity index (χ1v) is 7.83. The van der Waals surface area contributed by atoms with Crippen LogP contribution in [0.3, 0.4) is 0 Å². The lowest BCUT2D eigenvalue weighted by molar-refractivity contribution is 0.0738. The molecule has 3 rings (SSSR count). The maximum Gasteiger partial charge on any atom is 0.355 e. The Kier molecular flexibility index (Phi) is 4.13. The van der Waals surface area contributed by atoms with Crippen molar-refractivity contribution in [3.05, 3.63) is 70.1 Å². The number of nitrogens with zero attached hydrogens (tertiary/aromatic N) is 1. The summed E-state index contributed by atoms with van der Waals surface area (Å²) in [5.41, 5.74) is 0.988. The Labute approximate surface area is 134 Å². The van der Waals surface area contributed by atoms with Gasteiger partial charge in [0.1, 0.15) is 15.6 Å². The zero-order chi connectivity index (χ0) is 14.7. The summed E-state index contributed by atoms with van der Waals surface area (Å²) in [4.78, 5) is 16.9. The molecule has 1 aromatic heterocycles. The van der Waals surface area contributed by atoms with Crippen LogP contribution in [0.25, 0.3) is 10.6 Å². The van der Waals surface area contributed by atoms with E-state index >= 15 is 0 Å². The van der Waals surface area contributed by atoms with Crippen molar-refractivity contribution >= 4 is 33.2 Å². The van der Waals surface area contributed by atoms with E-state index in [1.165, 1.54) is 11.3 Å². The number of hydrogen-bond donors (Lipinski definition) is 0. The average molecular weight is 360 g/mol. The minimum absolute atomic E-state index is 0.401. The Morgan fingerprint density at radius 2 is 1.76 bits per heavy atom. The summed E-state index contributed by atoms with van der Waals surface area (Å²) in [5, 5.41) is 0.801. The predicted octanol–water partition coefficient (Wildman–Crippen LogP) is 4.79. The van der Waals surface area contributed by atoms with Crippen molar-refractivity contribution in [3.63, 3.8) is 0 Å². The van der Waals surface area contributed by atoms with Gasteiger partial charge in [0.2, 0.25) is 0 Å². The number of benzene rings is 2. The second-order valence-electron chi connectivity index (χ2n) is 4.22. The Hall–Kier alpha value is -1.98. The lowest BCUT2D eigenvalue weighted by Crippen LogP contribution is -2.06. The highest BCUT2D eigenvalue weighted by atomic mass is 79.9. The van der Waals surface area contributed by atoms with Crippen molar-refractivity contribution in [2.24, 2.45) is 0 Å². The number of hydrogen-bond acceptors (Lipinski definition) is 4. The zero-order valence-corrected chi connectivity index (χ0v) is 13.2. The first-order chi connectivity index (χ1) is 10.2. The maximum atomic E-state index is 12.1. The number of ether oxygens (including phenoxy) is 1. The lowest BCUT2D eigenvalue weighted by atomic mass is 10.2. The summed E-state index contributed by atoms with van der Waals surface area (Å²) >= 11 is 4.67. The molecule has 0 aliphatic rings. The maximum absolute atomic E-state index is 12.1. The Bertz CT molecular complexity index is 771. The molecule has 3 aromatic rings. The summed E-state index contributed by atoms with van der Waals surface area (Å²) in [7, 11) is 0. The van der Waals surface area contributed by atoms with Crippen LogP contribution in [-0.4, -0.2) is 11.0 Å². The van der Waals surface area contributed by atoms with Crippen molar-refractivity contribution in [2.75, 3.05) is 0 Å². The molecule has 0 aliphatic carbocycles. The normalized spacial score (nSPS) is 10.3. The van der Waals surface area contributed by atoms with E-state index in [1.807, 2.05) is 48.5 Å². The van der Waals surface area contributed by atoms with Gasteiger partial charge >= 0.3 is 5.97 Å². The van der Waals surface area contributed by atoms with Crippen LogP contribution in [0, 0.1) is 0 Å². The van der Waals surface area contributed by atoms with Crippen LogP contribution in [0.2, 0.25) is 0 Å². The second-order valence-corrected chi connectivity index (χ2v) is 6.10. The van der Waals surface area contributed by atoms with Gasteiger partial charge in [-0.1, -0.05) is 42.5 Å². The van der Waals surface area contributed by atoms with Crippen molar-refractivity contribution in [1.29, 1.82) is 0 Å². The van der Waals surface area contributed by atoms with Crippen LogP contribution < -0.4 is 4.74 Å². The number of halogens is 1. The third kappa shape index (κ3) is 3.20.